The van der Waals surface area contributed by atoms with Crippen LogP contribution in [0.1, 0.15) is 52.4 Å². The molecule has 76 valence electrons. The molecule has 3 heteroatoms. The molecule has 0 aromatic carbocycles. The molecule has 0 rings (SSSR count). The fourth-order valence-electron chi connectivity index (χ4n) is 1.11. The zero-order chi connectivity index (χ0) is 10.1. The molecule has 0 saturated heterocycles. The van der Waals surface area contributed by atoms with E-state index in [4.69, 9.17) is 4.89 Å². The van der Waals surface area contributed by atoms with Gasteiger partial charge >= 0.3 is 8.03 Å². The lowest BCUT2D eigenvalue weighted by Crippen LogP contribution is -1.79. The molecule has 0 aromatic heterocycles. The molecule has 0 amide bonds. The van der Waals surface area contributed by atoms with Crippen LogP contribution in [0.2, 0.25) is 0 Å². The highest BCUT2D eigenvalue weighted by molar-refractivity contribution is 7.43. The fourth-order valence-corrected chi connectivity index (χ4v) is 1.74. The summed E-state index contributed by atoms with van der Waals surface area (Å²) in [4.78, 5) is 8.98. The molecule has 1 atom stereocenters. The highest BCUT2D eigenvalue weighted by Crippen LogP contribution is 2.31. The van der Waals surface area contributed by atoms with Crippen molar-refractivity contribution in [3.63, 3.8) is 0 Å². The van der Waals surface area contributed by atoms with Gasteiger partial charge < -0.3 is 0 Å². The molecular weight excluding hydrogens is 183 g/mol. The van der Waals surface area contributed by atoms with Crippen LogP contribution < -0.4 is 0 Å². The number of rotatable bonds is 7. The Morgan fingerprint density at radius 3 is 2.38 bits per heavy atom. The molecule has 0 fully saturated rings. The average Bonchev–Trinajstić information content (AvgIpc) is 2.10. The molecule has 1 unspecified atom stereocenters. The normalized spacial score (nSPS) is 13.2. The van der Waals surface area contributed by atoms with Crippen molar-refractivity contribution < 1.29 is 9.46 Å². The van der Waals surface area contributed by atoms with Gasteiger partial charge in [-0.3, -0.25) is 0 Å². The third-order valence-corrected chi connectivity index (χ3v) is 2.87. The van der Waals surface area contributed by atoms with Gasteiger partial charge in [-0.2, -0.15) is 4.89 Å². The third kappa shape index (κ3) is 6.92. The monoisotopic (exact) mass is 203 g/mol. The first-order valence-corrected chi connectivity index (χ1v) is 6.28. The van der Waals surface area contributed by atoms with Crippen molar-refractivity contribution in [2.45, 2.75) is 52.4 Å². The zero-order valence-corrected chi connectivity index (χ0v) is 9.52. The van der Waals surface area contributed by atoms with Crippen molar-refractivity contribution in [1.82, 2.24) is 0 Å². The van der Waals surface area contributed by atoms with Crippen LogP contribution in [0.25, 0.3) is 0 Å². The second-order valence-electron chi connectivity index (χ2n) is 3.21. The van der Waals surface area contributed by atoms with Crippen LogP contribution in [0.4, 0.5) is 0 Å². The minimum absolute atomic E-state index is 0.741. The van der Waals surface area contributed by atoms with Gasteiger partial charge in [-0.15, -0.1) is 0 Å². The van der Waals surface area contributed by atoms with E-state index in [1.54, 1.807) is 0 Å². The Hall–Kier alpha value is -0.200. The number of allylic oxidation sites excluding steroid dienone is 2. The summed E-state index contributed by atoms with van der Waals surface area (Å²) in [5.74, 6) is 0. The van der Waals surface area contributed by atoms with Crippen LogP contribution in [0.15, 0.2) is 11.4 Å². The van der Waals surface area contributed by atoms with Crippen LogP contribution in [0, 0.1) is 0 Å². The molecule has 0 saturated carbocycles. The summed E-state index contributed by atoms with van der Waals surface area (Å²) in [5.41, 5.74) is 0. The van der Waals surface area contributed by atoms with E-state index < -0.39 is 8.03 Å². The van der Waals surface area contributed by atoms with Crippen LogP contribution in [-0.2, 0) is 4.57 Å². The topological polar surface area (TPSA) is 37.3 Å². The van der Waals surface area contributed by atoms with Crippen molar-refractivity contribution in [1.29, 1.82) is 0 Å². The van der Waals surface area contributed by atoms with Gasteiger partial charge in [-0.25, -0.2) is 0 Å². The van der Waals surface area contributed by atoms with E-state index in [0.717, 1.165) is 43.8 Å². The standard InChI is InChI=1S/C10H19O2P/c1-3-5-7-9-10(13(11)12)8-6-4-2/h9H,3-8H2,1-2H3/p+1/b10-9-. The summed E-state index contributed by atoms with van der Waals surface area (Å²) in [6.07, 6.45) is 8.01. The van der Waals surface area contributed by atoms with E-state index in [2.05, 4.69) is 13.8 Å². The maximum absolute atomic E-state index is 10.9. The summed E-state index contributed by atoms with van der Waals surface area (Å²) in [6, 6.07) is 0. The molecule has 1 N–H and O–H groups in total. The first-order chi connectivity index (χ1) is 6.22. The van der Waals surface area contributed by atoms with Crippen molar-refractivity contribution in [3.05, 3.63) is 11.4 Å². The predicted octanol–water partition coefficient (Wildman–Crippen LogP) is 3.99. The Bertz CT molecular complexity index is 176. The Balaban J connectivity index is 3.92. The fraction of sp³-hybridized carbons (Fsp3) is 0.800. The van der Waals surface area contributed by atoms with Gasteiger partial charge in [0.1, 0.15) is 0 Å². The molecule has 2 nitrogen and oxygen atoms in total. The van der Waals surface area contributed by atoms with E-state index in [0.29, 0.717) is 0 Å². The number of hydrogen-bond acceptors (Lipinski definition) is 1. The average molecular weight is 203 g/mol. The maximum atomic E-state index is 10.9. The van der Waals surface area contributed by atoms with Crippen LogP contribution >= 0.6 is 8.03 Å². The summed E-state index contributed by atoms with van der Waals surface area (Å²) in [6.45, 7) is 4.21. The summed E-state index contributed by atoms with van der Waals surface area (Å²) < 4.78 is 10.9. The van der Waals surface area contributed by atoms with E-state index in [1.165, 1.54) is 0 Å². The third-order valence-electron chi connectivity index (χ3n) is 1.97. The highest BCUT2D eigenvalue weighted by Gasteiger charge is 2.18. The van der Waals surface area contributed by atoms with Crippen LogP contribution in [0.3, 0.4) is 0 Å². The van der Waals surface area contributed by atoms with Crippen LogP contribution in [0.5, 0.6) is 0 Å². The van der Waals surface area contributed by atoms with E-state index >= 15 is 0 Å². The summed E-state index contributed by atoms with van der Waals surface area (Å²) in [5, 5.41) is 0.741. The van der Waals surface area contributed by atoms with Gasteiger partial charge in [0.2, 0.25) is 0 Å². The summed E-state index contributed by atoms with van der Waals surface area (Å²) in [7, 11) is -2.08. The second kappa shape index (κ2) is 8.40. The van der Waals surface area contributed by atoms with E-state index in [1.807, 2.05) is 6.08 Å². The largest absolute Gasteiger partial charge is 0.541 e. The molecule has 0 spiro atoms. The molecule has 0 heterocycles. The first-order valence-electron chi connectivity index (χ1n) is 5.07. The lowest BCUT2D eigenvalue weighted by molar-refractivity contribution is 0.507. The van der Waals surface area contributed by atoms with Crippen molar-refractivity contribution >= 4 is 8.03 Å². The van der Waals surface area contributed by atoms with Crippen molar-refractivity contribution in [3.8, 4) is 0 Å². The Morgan fingerprint density at radius 1 is 1.31 bits per heavy atom. The second-order valence-corrected chi connectivity index (χ2v) is 4.33. The molecule has 0 bridgehead atoms. The van der Waals surface area contributed by atoms with Gasteiger partial charge in [0.05, 0.1) is 0 Å². The predicted molar refractivity (Wildman–Crippen MR) is 57.0 cm³/mol. The van der Waals surface area contributed by atoms with Gasteiger partial charge in [0, 0.05) is 6.42 Å². The minimum atomic E-state index is -2.08. The maximum Gasteiger partial charge on any atom is 0.541 e. The Morgan fingerprint density at radius 2 is 1.92 bits per heavy atom. The van der Waals surface area contributed by atoms with E-state index in [9.17, 15) is 4.57 Å². The SMILES string of the molecule is CCCC/C=C(/CCCC)[P+](=O)O. The zero-order valence-electron chi connectivity index (χ0n) is 8.62. The molecule has 0 aromatic rings. The smallest absolute Gasteiger partial charge is 0.156 e. The molecule has 0 aliphatic rings. The molecule has 13 heavy (non-hydrogen) atoms. The number of hydrogen-bond donors (Lipinski definition) is 1. The molecule has 0 aliphatic carbocycles. The van der Waals surface area contributed by atoms with Gasteiger partial charge in [-0.1, -0.05) is 26.7 Å². The van der Waals surface area contributed by atoms with Crippen LogP contribution in [-0.4, -0.2) is 4.89 Å². The first kappa shape index (κ1) is 12.8. The molecule has 0 aliphatic heterocycles. The lowest BCUT2D eigenvalue weighted by atomic mass is 10.2. The minimum Gasteiger partial charge on any atom is -0.156 e. The highest BCUT2D eigenvalue weighted by atomic mass is 31.1. The van der Waals surface area contributed by atoms with Crippen molar-refractivity contribution in [2.75, 3.05) is 0 Å². The quantitative estimate of drug-likeness (QED) is 0.501. The van der Waals surface area contributed by atoms with Crippen molar-refractivity contribution in [2.24, 2.45) is 0 Å². The van der Waals surface area contributed by atoms with E-state index in [-0.39, 0.29) is 0 Å². The van der Waals surface area contributed by atoms with Gasteiger partial charge in [-0.05, 0) is 29.9 Å². The van der Waals surface area contributed by atoms with Gasteiger partial charge in [0.15, 0.2) is 5.31 Å². The summed E-state index contributed by atoms with van der Waals surface area (Å²) >= 11 is 0. The molecule has 0 radical (unpaired) electrons. The lowest BCUT2D eigenvalue weighted by Gasteiger charge is -1.92. The Labute approximate surface area is 81.9 Å². The van der Waals surface area contributed by atoms with Gasteiger partial charge in [0.25, 0.3) is 0 Å². The Kier molecular flexibility index (Phi) is 8.27. The number of unbranched alkanes of at least 4 members (excludes halogenated alkanes) is 3. The molecular formula is C10H20O2P+.